The zero-order valence-electron chi connectivity index (χ0n) is 8.54. The molecule has 76 valence electrons. The molecule has 0 saturated carbocycles. The summed E-state index contributed by atoms with van der Waals surface area (Å²) in [7, 11) is 1.74. The van der Waals surface area contributed by atoms with Crippen LogP contribution < -0.4 is 5.32 Å². The van der Waals surface area contributed by atoms with Crippen molar-refractivity contribution in [1.29, 1.82) is 5.26 Å². The van der Waals surface area contributed by atoms with E-state index in [1.807, 2.05) is 13.8 Å². The van der Waals surface area contributed by atoms with Gasteiger partial charge in [0.05, 0.1) is 25.4 Å². The molecule has 0 aliphatic heterocycles. The lowest BCUT2D eigenvalue weighted by Crippen LogP contribution is -2.31. The summed E-state index contributed by atoms with van der Waals surface area (Å²) < 4.78 is 10.5. The van der Waals surface area contributed by atoms with Crippen molar-refractivity contribution in [2.75, 3.05) is 26.9 Å². The summed E-state index contributed by atoms with van der Waals surface area (Å²) in [4.78, 5) is 0. The van der Waals surface area contributed by atoms with Gasteiger partial charge in [0.1, 0.15) is 6.04 Å². The molecule has 2 unspecified atom stereocenters. The lowest BCUT2D eigenvalue weighted by Gasteiger charge is -2.14. The predicted octanol–water partition coefficient (Wildman–Crippen LogP) is 0.540. The molecule has 0 aromatic heterocycles. The van der Waals surface area contributed by atoms with Gasteiger partial charge in [0, 0.05) is 6.61 Å². The van der Waals surface area contributed by atoms with E-state index in [-0.39, 0.29) is 12.1 Å². The van der Waals surface area contributed by atoms with Crippen LogP contribution in [0, 0.1) is 11.3 Å². The van der Waals surface area contributed by atoms with Gasteiger partial charge in [-0.2, -0.15) is 5.26 Å². The molecule has 2 atom stereocenters. The highest BCUT2D eigenvalue weighted by Gasteiger charge is 2.07. The van der Waals surface area contributed by atoms with E-state index in [9.17, 15) is 0 Å². The molecular formula is C9H18N2O2. The fourth-order valence-electron chi connectivity index (χ4n) is 0.778. The van der Waals surface area contributed by atoms with Crippen molar-refractivity contribution in [2.45, 2.75) is 26.0 Å². The second-order valence-electron chi connectivity index (χ2n) is 2.77. The quantitative estimate of drug-likeness (QED) is 0.630. The topological polar surface area (TPSA) is 54.3 Å². The Morgan fingerprint density at radius 1 is 1.46 bits per heavy atom. The minimum Gasteiger partial charge on any atom is -0.379 e. The van der Waals surface area contributed by atoms with E-state index >= 15 is 0 Å². The Balaban J connectivity index is 3.45. The highest BCUT2D eigenvalue weighted by molar-refractivity contribution is 4.88. The van der Waals surface area contributed by atoms with Crippen molar-refractivity contribution in [1.82, 2.24) is 5.32 Å². The molecule has 0 aliphatic rings. The second kappa shape index (κ2) is 7.99. The molecular weight excluding hydrogens is 168 g/mol. The van der Waals surface area contributed by atoms with Gasteiger partial charge >= 0.3 is 0 Å². The van der Waals surface area contributed by atoms with Gasteiger partial charge < -0.3 is 14.8 Å². The van der Waals surface area contributed by atoms with Crippen molar-refractivity contribution < 1.29 is 9.47 Å². The van der Waals surface area contributed by atoms with Gasteiger partial charge in [-0.05, 0) is 20.9 Å². The first kappa shape index (κ1) is 12.4. The average molecular weight is 186 g/mol. The Labute approximate surface area is 79.8 Å². The van der Waals surface area contributed by atoms with Crippen molar-refractivity contribution in [3.8, 4) is 6.07 Å². The molecule has 1 N–H and O–H groups in total. The molecule has 0 aliphatic carbocycles. The van der Waals surface area contributed by atoms with Gasteiger partial charge in [0.2, 0.25) is 0 Å². The molecule has 0 rings (SSSR count). The van der Waals surface area contributed by atoms with Crippen LogP contribution in [0.1, 0.15) is 13.8 Å². The van der Waals surface area contributed by atoms with E-state index in [1.54, 1.807) is 7.05 Å². The number of ether oxygens (including phenoxy) is 2. The van der Waals surface area contributed by atoms with Gasteiger partial charge in [-0.3, -0.25) is 0 Å². The Kier molecular flexibility index (Phi) is 7.60. The maximum atomic E-state index is 8.59. The number of rotatable bonds is 7. The predicted molar refractivity (Wildman–Crippen MR) is 50.4 cm³/mol. The Hall–Kier alpha value is -0.630. The molecule has 0 spiro atoms. The first-order chi connectivity index (χ1) is 6.24. The summed E-state index contributed by atoms with van der Waals surface area (Å²) in [5, 5.41) is 11.4. The Morgan fingerprint density at radius 3 is 2.62 bits per heavy atom. The van der Waals surface area contributed by atoms with Crippen LogP contribution in [-0.2, 0) is 9.47 Å². The molecule has 0 fully saturated rings. The zero-order chi connectivity index (χ0) is 10.1. The number of hydrogen-bond donors (Lipinski definition) is 1. The molecule has 0 bridgehead atoms. The van der Waals surface area contributed by atoms with E-state index in [4.69, 9.17) is 14.7 Å². The summed E-state index contributed by atoms with van der Waals surface area (Å²) in [6, 6.07) is 1.85. The summed E-state index contributed by atoms with van der Waals surface area (Å²) in [5.41, 5.74) is 0. The number of nitrogens with one attached hydrogen (secondary N) is 1. The van der Waals surface area contributed by atoms with Gasteiger partial charge in [0.15, 0.2) is 0 Å². The third-order valence-corrected chi connectivity index (χ3v) is 1.61. The third kappa shape index (κ3) is 6.52. The van der Waals surface area contributed by atoms with Crippen LogP contribution in [0.25, 0.3) is 0 Å². The fourth-order valence-corrected chi connectivity index (χ4v) is 0.778. The minimum absolute atomic E-state index is 0.0455. The smallest absolute Gasteiger partial charge is 0.119 e. The highest BCUT2D eigenvalue weighted by Crippen LogP contribution is 1.93. The number of likely N-dealkylation sites (N-methyl/N-ethyl adjacent to an activating group) is 1. The van der Waals surface area contributed by atoms with Crippen LogP contribution in [0.4, 0.5) is 0 Å². The third-order valence-electron chi connectivity index (χ3n) is 1.61. The summed E-state index contributed by atoms with van der Waals surface area (Å²) in [6.45, 7) is 5.55. The van der Waals surface area contributed by atoms with E-state index in [1.165, 1.54) is 0 Å². The second-order valence-corrected chi connectivity index (χ2v) is 2.77. The van der Waals surface area contributed by atoms with Crippen LogP contribution in [0.15, 0.2) is 0 Å². The molecule has 4 heteroatoms. The van der Waals surface area contributed by atoms with Crippen molar-refractivity contribution >= 4 is 0 Å². The van der Waals surface area contributed by atoms with Crippen LogP contribution in [-0.4, -0.2) is 39.0 Å². The maximum Gasteiger partial charge on any atom is 0.119 e. The molecule has 0 heterocycles. The van der Waals surface area contributed by atoms with Crippen LogP contribution >= 0.6 is 0 Å². The van der Waals surface area contributed by atoms with Gasteiger partial charge in [0.25, 0.3) is 0 Å². The molecule has 4 nitrogen and oxygen atoms in total. The summed E-state index contributed by atoms with van der Waals surface area (Å²) in [6.07, 6.45) is 0.0455. The lowest BCUT2D eigenvalue weighted by molar-refractivity contribution is -0.00637. The van der Waals surface area contributed by atoms with Crippen molar-refractivity contribution in [3.63, 3.8) is 0 Å². The fraction of sp³-hybridized carbons (Fsp3) is 0.889. The minimum atomic E-state index is -0.232. The Bertz CT molecular complexity index is 156. The first-order valence-corrected chi connectivity index (χ1v) is 4.50. The van der Waals surface area contributed by atoms with Crippen molar-refractivity contribution in [2.24, 2.45) is 0 Å². The van der Waals surface area contributed by atoms with Crippen molar-refractivity contribution in [3.05, 3.63) is 0 Å². The summed E-state index contributed by atoms with van der Waals surface area (Å²) in [5.74, 6) is 0. The molecule has 0 saturated heterocycles. The SMILES string of the molecule is CCOCC(C)OCC(C#N)NC. The van der Waals surface area contributed by atoms with E-state index < -0.39 is 0 Å². The molecule has 0 aromatic carbocycles. The van der Waals surface area contributed by atoms with Crippen LogP contribution in [0.3, 0.4) is 0 Å². The van der Waals surface area contributed by atoms with Crippen LogP contribution in [0.5, 0.6) is 0 Å². The molecule has 13 heavy (non-hydrogen) atoms. The normalized spacial score (nSPS) is 14.9. The monoisotopic (exact) mass is 186 g/mol. The molecule has 0 radical (unpaired) electrons. The first-order valence-electron chi connectivity index (χ1n) is 4.50. The summed E-state index contributed by atoms with van der Waals surface area (Å²) >= 11 is 0. The lowest BCUT2D eigenvalue weighted by atomic mass is 10.3. The van der Waals surface area contributed by atoms with Crippen LogP contribution in [0.2, 0.25) is 0 Å². The zero-order valence-corrected chi connectivity index (χ0v) is 8.54. The highest BCUT2D eigenvalue weighted by atomic mass is 16.5. The molecule has 0 amide bonds. The Morgan fingerprint density at radius 2 is 2.15 bits per heavy atom. The number of hydrogen-bond acceptors (Lipinski definition) is 4. The van der Waals surface area contributed by atoms with E-state index in [0.717, 1.165) is 0 Å². The molecule has 0 aromatic rings. The number of nitriles is 1. The van der Waals surface area contributed by atoms with E-state index in [2.05, 4.69) is 11.4 Å². The van der Waals surface area contributed by atoms with Gasteiger partial charge in [-0.25, -0.2) is 0 Å². The largest absolute Gasteiger partial charge is 0.379 e. The number of nitrogens with zero attached hydrogens (tertiary/aromatic N) is 1. The van der Waals surface area contributed by atoms with Gasteiger partial charge in [-0.1, -0.05) is 0 Å². The maximum absolute atomic E-state index is 8.59. The average Bonchev–Trinajstić information content (AvgIpc) is 2.16. The van der Waals surface area contributed by atoms with Gasteiger partial charge in [-0.15, -0.1) is 0 Å². The standard InChI is InChI=1S/C9H18N2O2/c1-4-12-6-8(2)13-7-9(5-10)11-3/h8-9,11H,4,6-7H2,1-3H3. The van der Waals surface area contributed by atoms with E-state index in [0.29, 0.717) is 19.8 Å².